The molecule has 7 heteroatoms. The lowest BCUT2D eigenvalue weighted by Gasteiger charge is -2.32. The van der Waals surface area contributed by atoms with Gasteiger partial charge in [-0.15, -0.1) is 11.3 Å². The van der Waals surface area contributed by atoms with Crippen molar-refractivity contribution in [2.45, 2.75) is 46.1 Å². The number of aromatic nitrogens is 1. The SMILES string of the molecule is CCNC(=NCCc1nc(CC)c(C)s1)N1CCC(N2CCOCC2)C1. The number of aryl methyl sites for hydroxylation is 2. The standard InChI is InChI=1S/C19H33N5OS/c1-4-17-15(3)26-18(22-17)6-8-21-19(20-5-2)24-9-7-16(14-24)23-10-12-25-13-11-23/h16H,4-14H2,1-3H3,(H,20,21). The van der Waals surface area contributed by atoms with E-state index in [4.69, 9.17) is 14.7 Å². The Hall–Kier alpha value is -1.18. The zero-order valence-corrected chi connectivity index (χ0v) is 17.3. The van der Waals surface area contributed by atoms with E-state index in [0.29, 0.717) is 6.04 Å². The van der Waals surface area contributed by atoms with E-state index in [1.54, 1.807) is 0 Å². The van der Waals surface area contributed by atoms with Crippen molar-refractivity contribution in [2.75, 3.05) is 52.5 Å². The van der Waals surface area contributed by atoms with Crippen LogP contribution in [0.5, 0.6) is 0 Å². The molecule has 146 valence electrons. The van der Waals surface area contributed by atoms with Gasteiger partial charge in [-0.05, 0) is 26.7 Å². The molecule has 1 N–H and O–H groups in total. The quantitative estimate of drug-likeness (QED) is 0.605. The topological polar surface area (TPSA) is 53.0 Å². The summed E-state index contributed by atoms with van der Waals surface area (Å²) in [5, 5.41) is 4.69. The maximum absolute atomic E-state index is 5.49. The first-order chi connectivity index (χ1) is 12.7. The fraction of sp³-hybridized carbons (Fsp3) is 0.789. The van der Waals surface area contributed by atoms with Gasteiger partial charge >= 0.3 is 0 Å². The predicted molar refractivity (Wildman–Crippen MR) is 108 cm³/mol. The molecule has 26 heavy (non-hydrogen) atoms. The first-order valence-corrected chi connectivity index (χ1v) is 10.8. The van der Waals surface area contributed by atoms with Crippen LogP contribution in [-0.2, 0) is 17.6 Å². The van der Waals surface area contributed by atoms with E-state index >= 15 is 0 Å². The molecule has 1 unspecified atom stereocenters. The fourth-order valence-corrected chi connectivity index (χ4v) is 4.79. The second kappa shape index (κ2) is 9.67. The van der Waals surface area contributed by atoms with Crippen LogP contribution in [0.2, 0.25) is 0 Å². The molecule has 0 aromatic carbocycles. The average Bonchev–Trinajstić information content (AvgIpc) is 3.28. The molecule has 3 rings (SSSR count). The highest BCUT2D eigenvalue weighted by Crippen LogP contribution is 2.19. The van der Waals surface area contributed by atoms with Crippen molar-refractivity contribution in [2.24, 2.45) is 4.99 Å². The number of nitrogens with zero attached hydrogens (tertiary/aromatic N) is 4. The van der Waals surface area contributed by atoms with E-state index in [-0.39, 0.29) is 0 Å². The minimum Gasteiger partial charge on any atom is -0.379 e. The Bertz CT molecular complexity index is 597. The maximum atomic E-state index is 5.49. The van der Waals surface area contributed by atoms with Crippen molar-refractivity contribution >= 4 is 17.3 Å². The average molecular weight is 380 g/mol. The van der Waals surface area contributed by atoms with Gasteiger partial charge in [-0.2, -0.15) is 0 Å². The molecule has 0 amide bonds. The molecule has 2 aliphatic heterocycles. The van der Waals surface area contributed by atoms with Crippen LogP contribution >= 0.6 is 11.3 Å². The minimum absolute atomic E-state index is 0.636. The van der Waals surface area contributed by atoms with Crippen LogP contribution in [0.3, 0.4) is 0 Å². The molecule has 0 aliphatic carbocycles. The number of guanidine groups is 1. The second-order valence-corrected chi connectivity index (χ2v) is 8.27. The van der Waals surface area contributed by atoms with Gasteiger partial charge in [0.2, 0.25) is 0 Å². The van der Waals surface area contributed by atoms with E-state index in [0.717, 1.165) is 71.3 Å². The van der Waals surface area contributed by atoms with Gasteiger partial charge in [0.25, 0.3) is 0 Å². The Morgan fingerprint density at radius 1 is 1.31 bits per heavy atom. The molecule has 0 radical (unpaired) electrons. The lowest BCUT2D eigenvalue weighted by Crippen LogP contribution is -2.46. The van der Waals surface area contributed by atoms with Crippen LogP contribution in [0.4, 0.5) is 0 Å². The van der Waals surface area contributed by atoms with Crippen molar-refractivity contribution in [3.8, 4) is 0 Å². The van der Waals surface area contributed by atoms with Gasteiger partial charge in [-0.1, -0.05) is 6.92 Å². The normalized spacial score (nSPS) is 22.2. The van der Waals surface area contributed by atoms with Crippen molar-refractivity contribution in [3.05, 3.63) is 15.6 Å². The highest BCUT2D eigenvalue weighted by molar-refractivity contribution is 7.11. The molecule has 0 saturated carbocycles. The Morgan fingerprint density at radius 2 is 2.12 bits per heavy atom. The molecule has 1 aromatic heterocycles. The summed E-state index contributed by atoms with van der Waals surface area (Å²) in [7, 11) is 0. The third-order valence-corrected chi connectivity index (χ3v) is 6.29. The molecule has 1 aromatic rings. The Morgan fingerprint density at radius 3 is 2.81 bits per heavy atom. The lowest BCUT2D eigenvalue weighted by atomic mass is 10.2. The van der Waals surface area contributed by atoms with Gasteiger partial charge in [-0.25, -0.2) is 4.98 Å². The highest BCUT2D eigenvalue weighted by Gasteiger charge is 2.30. The van der Waals surface area contributed by atoms with Crippen LogP contribution in [0.15, 0.2) is 4.99 Å². The molecule has 0 spiro atoms. The van der Waals surface area contributed by atoms with Crippen molar-refractivity contribution in [1.82, 2.24) is 20.1 Å². The third-order valence-electron chi connectivity index (χ3n) is 5.22. The summed E-state index contributed by atoms with van der Waals surface area (Å²) >= 11 is 1.82. The van der Waals surface area contributed by atoms with E-state index in [2.05, 4.69) is 35.9 Å². The molecule has 2 aliphatic rings. The molecular formula is C19H33N5OS. The first-order valence-electron chi connectivity index (χ1n) is 10.0. The number of thiazole rings is 1. The zero-order chi connectivity index (χ0) is 18.4. The van der Waals surface area contributed by atoms with Gasteiger partial charge in [-0.3, -0.25) is 9.89 Å². The number of aliphatic imine (C=N–C) groups is 1. The molecule has 6 nitrogen and oxygen atoms in total. The molecular weight excluding hydrogens is 346 g/mol. The molecule has 3 heterocycles. The van der Waals surface area contributed by atoms with E-state index in [1.165, 1.54) is 22.0 Å². The summed E-state index contributed by atoms with van der Waals surface area (Å²) in [5.41, 5.74) is 1.24. The molecule has 2 fully saturated rings. The summed E-state index contributed by atoms with van der Waals surface area (Å²) in [6.45, 7) is 14.2. The van der Waals surface area contributed by atoms with Crippen LogP contribution < -0.4 is 5.32 Å². The maximum Gasteiger partial charge on any atom is 0.193 e. The minimum atomic E-state index is 0.636. The summed E-state index contributed by atoms with van der Waals surface area (Å²) in [5.74, 6) is 1.06. The Labute approximate surface area is 161 Å². The van der Waals surface area contributed by atoms with Gasteiger partial charge < -0.3 is 15.0 Å². The van der Waals surface area contributed by atoms with Crippen molar-refractivity contribution in [1.29, 1.82) is 0 Å². The van der Waals surface area contributed by atoms with Crippen LogP contribution in [0.1, 0.15) is 35.8 Å². The summed E-state index contributed by atoms with van der Waals surface area (Å²) in [4.78, 5) is 16.0. The highest BCUT2D eigenvalue weighted by atomic mass is 32.1. The number of hydrogen-bond donors (Lipinski definition) is 1. The number of rotatable bonds is 6. The van der Waals surface area contributed by atoms with Crippen LogP contribution in [-0.4, -0.2) is 79.3 Å². The molecule has 2 saturated heterocycles. The predicted octanol–water partition coefficient (Wildman–Crippen LogP) is 1.93. The number of likely N-dealkylation sites (tertiary alicyclic amines) is 1. The number of ether oxygens (including phenoxy) is 1. The van der Waals surface area contributed by atoms with Gasteiger partial charge in [0.05, 0.1) is 23.9 Å². The van der Waals surface area contributed by atoms with Crippen LogP contribution in [0.25, 0.3) is 0 Å². The van der Waals surface area contributed by atoms with Crippen molar-refractivity contribution in [3.63, 3.8) is 0 Å². The summed E-state index contributed by atoms with van der Waals surface area (Å²) in [6.07, 6.45) is 3.17. The fourth-order valence-electron chi connectivity index (χ4n) is 3.78. The largest absolute Gasteiger partial charge is 0.379 e. The third kappa shape index (κ3) is 4.96. The van der Waals surface area contributed by atoms with Gasteiger partial charge in [0, 0.05) is 56.6 Å². The Kier molecular flexibility index (Phi) is 7.28. The number of nitrogens with one attached hydrogen (secondary N) is 1. The smallest absolute Gasteiger partial charge is 0.193 e. The van der Waals surface area contributed by atoms with Crippen LogP contribution in [0, 0.1) is 6.92 Å². The van der Waals surface area contributed by atoms with Gasteiger partial charge in [0.15, 0.2) is 5.96 Å². The number of hydrogen-bond acceptors (Lipinski definition) is 5. The monoisotopic (exact) mass is 379 g/mol. The van der Waals surface area contributed by atoms with Crippen molar-refractivity contribution < 1.29 is 4.74 Å². The Balaban J connectivity index is 1.54. The number of morpholine rings is 1. The van der Waals surface area contributed by atoms with E-state index in [9.17, 15) is 0 Å². The summed E-state index contributed by atoms with van der Waals surface area (Å²) in [6, 6.07) is 0.636. The molecule has 0 bridgehead atoms. The zero-order valence-electron chi connectivity index (χ0n) is 16.5. The lowest BCUT2D eigenvalue weighted by molar-refractivity contribution is 0.0195. The second-order valence-electron chi connectivity index (χ2n) is 6.99. The summed E-state index contributed by atoms with van der Waals surface area (Å²) < 4.78 is 5.49. The van der Waals surface area contributed by atoms with Gasteiger partial charge in [0.1, 0.15) is 0 Å². The first kappa shape index (κ1) is 19.6. The van der Waals surface area contributed by atoms with E-state index < -0.39 is 0 Å². The molecule has 1 atom stereocenters. The van der Waals surface area contributed by atoms with E-state index in [1.807, 2.05) is 11.3 Å².